The summed E-state index contributed by atoms with van der Waals surface area (Å²) in [6, 6.07) is 0. The predicted molar refractivity (Wildman–Crippen MR) is 111 cm³/mol. The minimum absolute atomic E-state index is 0.382. The molecule has 0 saturated heterocycles. The van der Waals surface area contributed by atoms with E-state index in [1.54, 1.807) is 0 Å². The predicted octanol–water partition coefficient (Wildman–Crippen LogP) is 2.49. The zero-order valence-corrected chi connectivity index (χ0v) is 20.0. The molecule has 0 rings (SSSR count). The van der Waals surface area contributed by atoms with Gasteiger partial charge in [0, 0.05) is 0 Å². The molecule has 0 unspecified atom stereocenters. The molecular weight excluding hydrogens is 349 g/mol. The molecule has 23 heavy (non-hydrogen) atoms. The van der Waals surface area contributed by atoms with Crippen molar-refractivity contribution < 1.29 is 0 Å². The van der Waals surface area contributed by atoms with Crippen LogP contribution in [0.2, 0.25) is 0 Å². The molecule has 0 radical (unpaired) electrons. The van der Waals surface area contributed by atoms with Gasteiger partial charge in [-0.3, -0.25) is 0 Å². The normalized spacial score (nSPS) is 14.0. The second-order valence-electron chi connectivity index (χ2n) is 6.50. The Hall–Kier alpha value is 0.650. The monoisotopic (exact) mass is 387 g/mol. The van der Waals surface area contributed by atoms with Gasteiger partial charge in [-0.05, 0) is 84.6 Å². The Morgan fingerprint density at radius 2 is 0.609 bits per heavy atom. The summed E-state index contributed by atoms with van der Waals surface area (Å²) in [7, 11) is 21.1. The molecule has 0 atom stereocenters. The first-order valence-electron chi connectivity index (χ1n) is 7.48. The minimum Gasteiger partial charge on any atom is -0.249 e. The minimum atomic E-state index is -1.86. The van der Waals surface area contributed by atoms with Gasteiger partial charge in [0.15, 0.2) is 0 Å². The first-order chi connectivity index (χ1) is 10.4. The number of nitrogens with zero attached hydrogens (tertiary/aromatic N) is 8. The van der Waals surface area contributed by atoms with Crippen LogP contribution in [0.4, 0.5) is 0 Å². The molecule has 0 aromatic heterocycles. The van der Waals surface area contributed by atoms with Gasteiger partial charge in [-0.2, -0.15) is 0 Å². The molecule has 0 aromatic carbocycles. The third-order valence-electron chi connectivity index (χ3n) is 3.63. The molecule has 0 aliphatic carbocycles. The van der Waals surface area contributed by atoms with Crippen molar-refractivity contribution in [3.63, 3.8) is 0 Å². The van der Waals surface area contributed by atoms with Crippen molar-refractivity contribution in [3.05, 3.63) is 0 Å². The van der Waals surface area contributed by atoms with Crippen LogP contribution in [0.25, 0.3) is 0 Å². The molecule has 0 aliphatic heterocycles. The van der Waals surface area contributed by atoms with Crippen LogP contribution in [0.15, 0.2) is 9.03 Å². The maximum absolute atomic E-state index is 5.14. The van der Waals surface area contributed by atoms with E-state index in [1.807, 2.05) is 0 Å². The molecule has 0 bridgehead atoms. The van der Waals surface area contributed by atoms with Gasteiger partial charge in [-0.1, -0.05) is 9.03 Å². The van der Waals surface area contributed by atoms with Crippen LogP contribution >= 0.6 is 23.9 Å². The number of rotatable bonds is 8. The van der Waals surface area contributed by atoms with Crippen molar-refractivity contribution in [1.82, 2.24) is 28.0 Å². The smallest absolute Gasteiger partial charge is 0.231 e. The van der Waals surface area contributed by atoms with E-state index in [0.29, 0.717) is 0 Å². The fraction of sp³-hybridized carbons (Fsp3) is 1.00. The van der Waals surface area contributed by atoms with Crippen molar-refractivity contribution >= 4 is 23.9 Å². The Kier molecular flexibility index (Phi) is 9.64. The van der Waals surface area contributed by atoms with Crippen molar-refractivity contribution in [2.24, 2.45) is 9.03 Å². The Morgan fingerprint density at radius 1 is 0.435 bits per heavy atom. The molecule has 0 heterocycles. The van der Waals surface area contributed by atoms with Gasteiger partial charge in [0.1, 0.15) is 0 Å². The van der Waals surface area contributed by atoms with Gasteiger partial charge in [-0.25, -0.2) is 28.0 Å². The third kappa shape index (κ3) is 4.84. The first kappa shape index (κ1) is 23.6. The first-order valence-corrected chi connectivity index (χ1v) is 11.7. The average Bonchev–Trinajstić information content (AvgIpc) is 2.35. The second-order valence-corrected chi connectivity index (χ2v) is 15.5. The van der Waals surface area contributed by atoms with Gasteiger partial charge >= 0.3 is 0 Å². The Morgan fingerprint density at radius 3 is 0.739 bits per heavy atom. The standard InChI is InChI=1S/C12H37N8P3/c1-15(2)22(16(3)4,17(5)6)13-21-14-23(18(7)8,19(9)10)20(11)12/h21H,1-12H3/p+1. The lowest BCUT2D eigenvalue weighted by molar-refractivity contribution is 0.474. The summed E-state index contributed by atoms with van der Waals surface area (Å²) >= 11 is 0. The van der Waals surface area contributed by atoms with Crippen molar-refractivity contribution in [3.8, 4) is 0 Å². The van der Waals surface area contributed by atoms with Gasteiger partial charge in [0.25, 0.3) is 0 Å². The van der Waals surface area contributed by atoms with E-state index in [1.165, 1.54) is 0 Å². The molecule has 0 aliphatic rings. The molecule has 140 valence electrons. The van der Waals surface area contributed by atoms with E-state index in [-0.39, 0.29) is 8.88 Å². The van der Waals surface area contributed by atoms with Crippen LogP contribution in [-0.2, 0) is 0 Å². The highest BCUT2D eigenvalue weighted by Crippen LogP contribution is 2.62. The second kappa shape index (κ2) is 9.38. The Labute approximate surface area is 146 Å². The number of hydrogen-bond acceptors (Lipinski definition) is 2. The van der Waals surface area contributed by atoms with Crippen LogP contribution in [0.1, 0.15) is 0 Å². The number of hydrogen-bond donors (Lipinski definition) is 0. The third-order valence-corrected chi connectivity index (χ3v) is 13.4. The Bertz CT molecular complexity index is 372. The lowest BCUT2D eigenvalue weighted by Crippen LogP contribution is -2.30. The fourth-order valence-electron chi connectivity index (χ4n) is 2.93. The van der Waals surface area contributed by atoms with Crippen LogP contribution in [0, 0.1) is 0 Å². The molecule has 0 fully saturated rings. The van der Waals surface area contributed by atoms with Crippen LogP contribution in [-0.4, -0.2) is 113 Å². The van der Waals surface area contributed by atoms with Gasteiger partial charge in [0.2, 0.25) is 23.9 Å². The van der Waals surface area contributed by atoms with Gasteiger partial charge in [0.05, 0.1) is 0 Å². The summed E-state index contributed by atoms with van der Waals surface area (Å²) < 4.78 is 23.7. The van der Waals surface area contributed by atoms with Crippen molar-refractivity contribution in [1.29, 1.82) is 0 Å². The lowest BCUT2D eigenvalue weighted by atomic mass is 11.2. The average molecular weight is 387 g/mol. The summed E-state index contributed by atoms with van der Waals surface area (Å²) in [5.41, 5.74) is 0. The van der Waals surface area contributed by atoms with E-state index < -0.39 is 15.0 Å². The van der Waals surface area contributed by atoms with Gasteiger partial charge < -0.3 is 0 Å². The van der Waals surface area contributed by atoms with E-state index in [0.717, 1.165) is 0 Å². The maximum atomic E-state index is 5.14. The molecular formula is C12H38N8P3+. The molecule has 8 nitrogen and oxygen atoms in total. The summed E-state index contributed by atoms with van der Waals surface area (Å²) in [5, 5.41) is 0. The topological polar surface area (TPSA) is 44.2 Å². The van der Waals surface area contributed by atoms with E-state index in [2.05, 4.69) is 113 Å². The van der Waals surface area contributed by atoms with E-state index in [9.17, 15) is 0 Å². The SMILES string of the molecule is CN(C)P(=N[PH2+]N=P(N(C)C)(N(C)C)N(C)C)(N(C)C)N(C)C. The zero-order chi connectivity index (χ0) is 18.6. The maximum Gasteiger partial charge on any atom is 0.231 e. The van der Waals surface area contributed by atoms with Crippen molar-refractivity contribution in [2.45, 2.75) is 0 Å². The molecule has 0 saturated carbocycles. The molecule has 0 N–H and O–H groups in total. The zero-order valence-electron chi connectivity index (χ0n) is 17.0. The quantitative estimate of drug-likeness (QED) is 0.597. The van der Waals surface area contributed by atoms with Crippen LogP contribution < -0.4 is 0 Å². The highest BCUT2D eigenvalue weighted by molar-refractivity contribution is 7.67. The fourth-order valence-corrected chi connectivity index (χ4v) is 13.9. The molecule has 0 amide bonds. The largest absolute Gasteiger partial charge is 0.249 e. The summed E-state index contributed by atoms with van der Waals surface area (Å²) in [6.07, 6.45) is 0. The van der Waals surface area contributed by atoms with E-state index in [4.69, 9.17) is 9.03 Å². The molecule has 0 spiro atoms. The van der Waals surface area contributed by atoms with Gasteiger partial charge in [-0.15, -0.1) is 0 Å². The lowest BCUT2D eigenvalue weighted by Gasteiger charge is -2.40. The Balaban J connectivity index is 6.10. The van der Waals surface area contributed by atoms with Crippen molar-refractivity contribution in [2.75, 3.05) is 84.6 Å². The highest BCUT2D eigenvalue weighted by Gasteiger charge is 2.33. The molecule has 0 aromatic rings. The van der Waals surface area contributed by atoms with Crippen LogP contribution in [0.3, 0.4) is 0 Å². The highest BCUT2D eigenvalue weighted by atomic mass is 31.2. The summed E-state index contributed by atoms with van der Waals surface area (Å²) in [5.74, 6) is 0. The summed E-state index contributed by atoms with van der Waals surface area (Å²) in [6.45, 7) is 0. The molecule has 11 heteroatoms. The summed E-state index contributed by atoms with van der Waals surface area (Å²) in [4.78, 5) is 0. The van der Waals surface area contributed by atoms with E-state index >= 15 is 0 Å². The van der Waals surface area contributed by atoms with Crippen LogP contribution in [0.5, 0.6) is 0 Å².